The highest BCUT2D eigenvalue weighted by molar-refractivity contribution is 5.96. The van der Waals surface area contributed by atoms with Crippen molar-refractivity contribution in [2.45, 2.75) is 31.3 Å². The monoisotopic (exact) mass is 264 g/mol. The molecule has 0 radical (unpaired) electrons. The number of imidazole rings is 1. The summed E-state index contributed by atoms with van der Waals surface area (Å²) in [4.78, 5) is 16.6. The molecule has 2 aliphatic heterocycles. The van der Waals surface area contributed by atoms with Gasteiger partial charge in [0.25, 0.3) is 0 Å². The molecule has 1 aromatic heterocycles. The summed E-state index contributed by atoms with van der Waals surface area (Å²) < 4.78 is 13.2. The number of hydrogen-bond donors (Lipinski definition) is 0. The second-order valence-electron chi connectivity index (χ2n) is 5.62. The van der Waals surface area contributed by atoms with Crippen molar-refractivity contribution in [3.8, 4) is 0 Å². The van der Waals surface area contributed by atoms with E-state index in [2.05, 4.69) is 4.98 Å². The Labute approximate surface area is 112 Å². The summed E-state index contributed by atoms with van der Waals surface area (Å²) in [5.74, 6) is 0.205. The fraction of sp³-hybridized carbons (Fsp3) is 0.714. The molecule has 0 saturated carbocycles. The SMILES string of the molecule is Cn1cnc(C(=O)C2CCOC3(CCOCC3)C2)c1. The molecule has 5 heteroatoms. The smallest absolute Gasteiger partial charge is 0.186 e. The molecule has 0 aromatic carbocycles. The maximum absolute atomic E-state index is 12.5. The number of carbonyl (C=O) groups excluding carboxylic acids is 1. The van der Waals surface area contributed by atoms with Gasteiger partial charge in [-0.25, -0.2) is 4.98 Å². The van der Waals surface area contributed by atoms with Crippen LogP contribution in [-0.2, 0) is 16.5 Å². The van der Waals surface area contributed by atoms with Gasteiger partial charge in [-0.15, -0.1) is 0 Å². The predicted molar refractivity (Wildman–Crippen MR) is 69.0 cm³/mol. The molecule has 0 bridgehead atoms. The van der Waals surface area contributed by atoms with E-state index in [0.717, 1.165) is 38.9 Å². The summed E-state index contributed by atoms with van der Waals surface area (Å²) in [6, 6.07) is 0. The largest absolute Gasteiger partial charge is 0.381 e. The van der Waals surface area contributed by atoms with Crippen molar-refractivity contribution in [2.24, 2.45) is 13.0 Å². The number of nitrogens with zero attached hydrogens (tertiary/aromatic N) is 2. The highest BCUT2D eigenvalue weighted by Crippen LogP contribution is 2.38. The molecule has 3 heterocycles. The summed E-state index contributed by atoms with van der Waals surface area (Å²) in [7, 11) is 1.88. The summed E-state index contributed by atoms with van der Waals surface area (Å²) in [6.07, 6.45) is 6.90. The van der Waals surface area contributed by atoms with Crippen LogP contribution < -0.4 is 0 Å². The van der Waals surface area contributed by atoms with Gasteiger partial charge in [0.1, 0.15) is 5.69 Å². The number of aryl methyl sites for hydroxylation is 1. The molecule has 1 atom stereocenters. The second kappa shape index (κ2) is 5.06. The molecule has 2 saturated heterocycles. The molecule has 0 aliphatic carbocycles. The zero-order valence-electron chi connectivity index (χ0n) is 11.3. The first kappa shape index (κ1) is 12.8. The summed E-state index contributed by atoms with van der Waals surface area (Å²) >= 11 is 0. The predicted octanol–water partition coefficient (Wildman–Crippen LogP) is 1.58. The average molecular weight is 264 g/mol. The maximum Gasteiger partial charge on any atom is 0.186 e. The molecule has 1 spiro atoms. The highest BCUT2D eigenvalue weighted by Gasteiger charge is 2.41. The molecule has 1 unspecified atom stereocenters. The number of carbonyl (C=O) groups is 1. The van der Waals surface area contributed by atoms with E-state index in [1.807, 2.05) is 11.6 Å². The number of hydrogen-bond acceptors (Lipinski definition) is 4. The normalized spacial score (nSPS) is 26.5. The third kappa shape index (κ3) is 2.58. The van der Waals surface area contributed by atoms with Gasteiger partial charge < -0.3 is 14.0 Å². The minimum atomic E-state index is -0.133. The van der Waals surface area contributed by atoms with Crippen LogP contribution in [0.1, 0.15) is 36.2 Å². The quantitative estimate of drug-likeness (QED) is 0.761. The molecule has 0 N–H and O–H groups in total. The first-order valence-electron chi connectivity index (χ1n) is 6.92. The average Bonchev–Trinajstić information content (AvgIpc) is 2.85. The van der Waals surface area contributed by atoms with E-state index in [1.54, 1.807) is 12.5 Å². The summed E-state index contributed by atoms with van der Waals surface area (Å²) in [5, 5.41) is 0. The molecule has 1 aromatic rings. The van der Waals surface area contributed by atoms with Crippen LogP contribution in [0.5, 0.6) is 0 Å². The van der Waals surface area contributed by atoms with Gasteiger partial charge in [-0.05, 0) is 25.7 Å². The Morgan fingerprint density at radius 3 is 2.89 bits per heavy atom. The van der Waals surface area contributed by atoms with Crippen LogP contribution in [0, 0.1) is 5.92 Å². The number of ketones is 1. The van der Waals surface area contributed by atoms with Gasteiger partial charge in [0.15, 0.2) is 5.78 Å². The zero-order chi connectivity index (χ0) is 13.3. The van der Waals surface area contributed by atoms with E-state index in [9.17, 15) is 4.79 Å². The van der Waals surface area contributed by atoms with E-state index >= 15 is 0 Å². The van der Waals surface area contributed by atoms with Crippen LogP contribution in [0.3, 0.4) is 0 Å². The van der Waals surface area contributed by atoms with Crippen molar-refractivity contribution in [2.75, 3.05) is 19.8 Å². The molecule has 19 heavy (non-hydrogen) atoms. The number of aromatic nitrogens is 2. The van der Waals surface area contributed by atoms with Crippen LogP contribution in [0.4, 0.5) is 0 Å². The van der Waals surface area contributed by atoms with Crippen LogP contribution in [0.15, 0.2) is 12.5 Å². The minimum absolute atomic E-state index is 0.0433. The lowest BCUT2D eigenvalue weighted by Crippen LogP contribution is -2.45. The second-order valence-corrected chi connectivity index (χ2v) is 5.62. The van der Waals surface area contributed by atoms with Gasteiger partial charge in [0.05, 0.1) is 11.9 Å². The Morgan fingerprint density at radius 1 is 1.42 bits per heavy atom. The van der Waals surface area contributed by atoms with E-state index in [0.29, 0.717) is 12.3 Å². The van der Waals surface area contributed by atoms with E-state index in [1.165, 1.54) is 0 Å². The van der Waals surface area contributed by atoms with Crippen LogP contribution in [0.25, 0.3) is 0 Å². The Hall–Kier alpha value is -1.20. The third-order valence-corrected chi connectivity index (χ3v) is 4.23. The molecule has 2 aliphatic rings. The molecule has 3 rings (SSSR count). The van der Waals surface area contributed by atoms with Gasteiger partial charge in [-0.2, -0.15) is 0 Å². The lowest BCUT2D eigenvalue weighted by Gasteiger charge is -2.42. The molecular weight excluding hydrogens is 244 g/mol. The molecule has 5 nitrogen and oxygen atoms in total. The van der Waals surface area contributed by atoms with Crippen molar-refractivity contribution >= 4 is 5.78 Å². The van der Waals surface area contributed by atoms with Crippen molar-refractivity contribution in [1.29, 1.82) is 0 Å². The number of ether oxygens (including phenoxy) is 2. The Balaban J connectivity index is 1.72. The van der Waals surface area contributed by atoms with Gasteiger partial charge in [0.2, 0.25) is 0 Å². The Kier molecular flexibility index (Phi) is 3.41. The minimum Gasteiger partial charge on any atom is -0.381 e. The zero-order valence-corrected chi connectivity index (χ0v) is 11.3. The van der Waals surface area contributed by atoms with Gasteiger partial charge >= 0.3 is 0 Å². The maximum atomic E-state index is 12.5. The van der Waals surface area contributed by atoms with Crippen molar-refractivity contribution in [3.05, 3.63) is 18.2 Å². The molecular formula is C14H20N2O3. The van der Waals surface area contributed by atoms with Gasteiger partial charge in [-0.1, -0.05) is 0 Å². The molecule has 0 amide bonds. The fourth-order valence-corrected chi connectivity index (χ4v) is 3.09. The van der Waals surface area contributed by atoms with Gasteiger partial charge in [0, 0.05) is 39.0 Å². The lowest BCUT2D eigenvalue weighted by atomic mass is 9.78. The molecule has 2 fully saturated rings. The van der Waals surface area contributed by atoms with E-state index in [4.69, 9.17) is 9.47 Å². The van der Waals surface area contributed by atoms with Gasteiger partial charge in [-0.3, -0.25) is 4.79 Å². The van der Waals surface area contributed by atoms with Crippen molar-refractivity contribution in [3.63, 3.8) is 0 Å². The summed E-state index contributed by atoms with van der Waals surface area (Å²) in [6.45, 7) is 2.15. The topological polar surface area (TPSA) is 53.4 Å². The first-order chi connectivity index (χ1) is 9.19. The fourth-order valence-electron chi connectivity index (χ4n) is 3.09. The number of Topliss-reactive ketones (excluding diaryl/α,β-unsaturated/α-hetero) is 1. The summed E-state index contributed by atoms with van der Waals surface area (Å²) in [5.41, 5.74) is 0.447. The lowest BCUT2D eigenvalue weighted by molar-refractivity contribution is -0.142. The van der Waals surface area contributed by atoms with Crippen molar-refractivity contribution in [1.82, 2.24) is 9.55 Å². The van der Waals surface area contributed by atoms with Crippen molar-refractivity contribution < 1.29 is 14.3 Å². The number of rotatable bonds is 2. The van der Waals surface area contributed by atoms with E-state index in [-0.39, 0.29) is 17.3 Å². The van der Waals surface area contributed by atoms with Crippen LogP contribution in [-0.4, -0.2) is 40.8 Å². The molecule has 104 valence electrons. The standard InChI is InChI=1S/C14H20N2O3/c1-16-9-12(15-10-16)13(17)11-2-5-19-14(8-11)3-6-18-7-4-14/h9-11H,2-8H2,1H3. The first-order valence-corrected chi connectivity index (χ1v) is 6.92. The van der Waals surface area contributed by atoms with E-state index < -0.39 is 0 Å². The van der Waals surface area contributed by atoms with Crippen LogP contribution in [0.2, 0.25) is 0 Å². The van der Waals surface area contributed by atoms with Crippen LogP contribution >= 0.6 is 0 Å². The Bertz CT molecular complexity index is 458. The Morgan fingerprint density at radius 2 is 2.21 bits per heavy atom. The highest BCUT2D eigenvalue weighted by atomic mass is 16.5. The third-order valence-electron chi connectivity index (χ3n) is 4.23.